The summed E-state index contributed by atoms with van der Waals surface area (Å²) in [5, 5.41) is 5.84. The molecular weight excluding hydrogens is 445 g/mol. The van der Waals surface area contributed by atoms with Gasteiger partial charge in [0.1, 0.15) is 5.82 Å². The first-order valence-electron chi connectivity index (χ1n) is 10.4. The molecule has 0 spiro atoms. The molecule has 2 aliphatic rings. The van der Waals surface area contributed by atoms with Crippen molar-refractivity contribution in [1.82, 2.24) is 10.3 Å². The van der Waals surface area contributed by atoms with Crippen LogP contribution in [-0.2, 0) is 11.0 Å². The Kier molecular flexibility index (Phi) is 6.28. The molecule has 0 radical (unpaired) electrons. The third kappa shape index (κ3) is 5.15. The van der Waals surface area contributed by atoms with Crippen LogP contribution in [0.2, 0.25) is 5.02 Å². The average molecular weight is 467 g/mol. The molecule has 1 aromatic carbocycles. The average Bonchev–Trinajstić information content (AvgIpc) is 3.57. The Balaban J connectivity index is 1.43. The summed E-state index contributed by atoms with van der Waals surface area (Å²) in [6.07, 6.45) is -0.183. The molecule has 1 aliphatic carbocycles. The lowest BCUT2D eigenvalue weighted by Gasteiger charge is -2.34. The summed E-state index contributed by atoms with van der Waals surface area (Å²) >= 11 is 6.23. The molecule has 1 aromatic heterocycles. The van der Waals surface area contributed by atoms with Gasteiger partial charge >= 0.3 is 6.18 Å². The first-order valence-corrected chi connectivity index (χ1v) is 10.8. The molecule has 0 bridgehead atoms. The van der Waals surface area contributed by atoms with E-state index in [2.05, 4.69) is 15.6 Å². The number of hydrogen-bond donors (Lipinski definition) is 2. The van der Waals surface area contributed by atoms with E-state index in [9.17, 15) is 22.8 Å². The van der Waals surface area contributed by atoms with Crippen molar-refractivity contribution >= 4 is 34.9 Å². The topological polar surface area (TPSA) is 74.3 Å². The highest BCUT2D eigenvalue weighted by Gasteiger charge is 2.37. The Morgan fingerprint density at radius 3 is 2.62 bits per heavy atom. The molecule has 1 unspecified atom stereocenters. The third-order valence-electron chi connectivity index (χ3n) is 5.58. The fourth-order valence-electron chi connectivity index (χ4n) is 3.77. The highest BCUT2D eigenvalue weighted by atomic mass is 35.5. The van der Waals surface area contributed by atoms with Crippen LogP contribution >= 0.6 is 11.6 Å². The van der Waals surface area contributed by atoms with Gasteiger partial charge in [-0.1, -0.05) is 11.6 Å². The van der Waals surface area contributed by atoms with E-state index in [-0.39, 0.29) is 35.2 Å². The fraction of sp³-hybridized carbons (Fsp3) is 0.409. The number of pyridine rings is 1. The van der Waals surface area contributed by atoms with Crippen molar-refractivity contribution in [3.8, 4) is 0 Å². The molecule has 10 heteroatoms. The number of piperidine rings is 1. The number of hydrogen-bond acceptors (Lipinski definition) is 4. The molecule has 1 atom stereocenters. The molecule has 170 valence electrons. The molecule has 4 rings (SSSR count). The van der Waals surface area contributed by atoms with Crippen LogP contribution in [0, 0.1) is 5.92 Å². The van der Waals surface area contributed by atoms with E-state index >= 15 is 0 Å². The lowest BCUT2D eigenvalue weighted by molar-refractivity contribution is -0.137. The van der Waals surface area contributed by atoms with Gasteiger partial charge in [0.25, 0.3) is 5.91 Å². The van der Waals surface area contributed by atoms with Gasteiger partial charge in [0.15, 0.2) is 0 Å². The highest BCUT2D eigenvalue weighted by molar-refractivity contribution is 6.34. The summed E-state index contributed by atoms with van der Waals surface area (Å²) in [6, 6.07) is 7.08. The normalized spacial score (nSPS) is 18.9. The monoisotopic (exact) mass is 466 g/mol. The number of anilines is 2. The van der Waals surface area contributed by atoms with E-state index in [1.165, 1.54) is 23.2 Å². The van der Waals surface area contributed by atoms with Gasteiger partial charge in [0.2, 0.25) is 5.91 Å². The van der Waals surface area contributed by atoms with Gasteiger partial charge in [-0.15, -0.1) is 0 Å². The Hall–Kier alpha value is -2.81. The van der Waals surface area contributed by atoms with Crippen molar-refractivity contribution in [2.75, 3.05) is 23.3 Å². The number of amides is 2. The zero-order valence-electron chi connectivity index (χ0n) is 17.1. The number of carbonyl (C=O) groups excluding carboxylic acids is 2. The molecule has 2 amide bonds. The van der Waals surface area contributed by atoms with Gasteiger partial charge in [0.05, 0.1) is 22.1 Å². The maximum Gasteiger partial charge on any atom is 0.419 e. The molecule has 2 aromatic rings. The summed E-state index contributed by atoms with van der Waals surface area (Å²) in [5.41, 5.74) is -0.0583. The van der Waals surface area contributed by atoms with Gasteiger partial charge in [0, 0.05) is 31.0 Å². The molecule has 1 saturated heterocycles. The Labute approximate surface area is 188 Å². The van der Waals surface area contributed by atoms with Gasteiger partial charge in [-0.2, -0.15) is 13.2 Å². The van der Waals surface area contributed by atoms with Crippen LogP contribution in [0.3, 0.4) is 0 Å². The van der Waals surface area contributed by atoms with E-state index in [1.807, 2.05) is 0 Å². The zero-order valence-corrected chi connectivity index (χ0v) is 17.8. The number of carbonyl (C=O) groups is 2. The van der Waals surface area contributed by atoms with E-state index < -0.39 is 17.7 Å². The van der Waals surface area contributed by atoms with E-state index in [1.54, 1.807) is 12.1 Å². The molecule has 1 aliphatic heterocycles. The lowest BCUT2D eigenvalue weighted by atomic mass is 9.96. The summed E-state index contributed by atoms with van der Waals surface area (Å²) in [6.45, 7) is 0.516. The fourth-order valence-corrected chi connectivity index (χ4v) is 4.03. The minimum atomic E-state index is -4.52. The van der Waals surface area contributed by atoms with Crippen LogP contribution in [-0.4, -0.2) is 35.9 Å². The molecule has 1 saturated carbocycles. The predicted octanol–water partition coefficient (Wildman–Crippen LogP) is 4.50. The number of nitrogens with zero attached hydrogens (tertiary/aromatic N) is 2. The molecule has 2 fully saturated rings. The van der Waals surface area contributed by atoms with Gasteiger partial charge in [-0.25, -0.2) is 4.98 Å². The summed E-state index contributed by atoms with van der Waals surface area (Å²) in [7, 11) is 0. The van der Waals surface area contributed by atoms with Gasteiger partial charge in [-0.05, 0) is 56.0 Å². The van der Waals surface area contributed by atoms with E-state index in [0.717, 1.165) is 18.9 Å². The Bertz CT molecular complexity index is 1030. The van der Waals surface area contributed by atoms with Crippen molar-refractivity contribution in [1.29, 1.82) is 0 Å². The first-order chi connectivity index (χ1) is 15.2. The maximum absolute atomic E-state index is 13.4. The highest BCUT2D eigenvalue weighted by Crippen LogP contribution is 2.36. The van der Waals surface area contributed by atoms with Crippen molar-refractivity contribution < 1.29 is 22.8 Å². The lowest BCUT2D eigenvalue weighted by Crippen LogP contribution is -2.42. The SMILES string of the molecule is O=C(NC1CC1)c1ccc(NC(=O)C2CCCN(c3ncccc3C(F)(F)F)C2)cc1Cl. The summed E-state index contributed by atoms with van der Waals surface area (Å²) in [5.74, 6) is -1.24. The summed E-state index contributed by atoms with van der Waals surface area (Å²) < 4.78 is 40.1. The van der Waals surface area contributed by atoms with E-state index in [4.69, 9.17) is 11.6 Å². The molecule has 6 nitrogen and oxygen atoms in total. The number of alkyl halides is 3. The standard InChI is InChI=1S/C22H22ClF3N4O2/c23-18-11-15(7-8-16(18)21(32)28-14-5-6-14)29-20(31)13-3-2-10-30(12-13)19-17(22(24,25)26)4-1-9-27-19/h1,4,7-9,11,13-14H,2-3,5-6,10,12H2,(H,28,32)(H,29,31). The van der Waals surface area contributed by atoms with Crippen molar-refractivity contribution in [3.05, 3.63) is 52.7 Å². The second kappa shape index (κ2) is 8.97. The zero-order chi connectivity index (χ0) is 22.9. The third-order valence-corrected chi connectivity index (χ3v) is 5.89. The van der Waals surface area contributed by atoms with Crippen LogP contribution in [0.15, 0.2) is 36.5 Å². The molecule has 2 heterocycles. The van der Waals surface area contributed by atoms with Crippen molar-refractivity contribution in [3.63, 3.8) is 0 Å². The number of benzene rings is 1. The van der Waals surface area contributed by atoms with Crippen LogP contribution in [0.25, 0.3) is 0 Å². The number of nitrogens with one attached hydrogen (secondary N) is 2. The Morgan fingerprint density at radius 2 is 1.94 bits per heavy atom. The van der Waals surface area contributed by atoms with Crippen LogP contribution in [0.5, 0.6) is 0 Å². The Morgan fingerprint density at radius 1 is 1.16 bits per heavy atom. The van der Waals surface area contributed by atoms with Crippen LogP contribution in [0.1, 0.15) is 41.6 Å². The number of aromatic nitrogens is 1. The minimum Gasteiger partial charge on any atom is -0.355 e. The van der Waals surface area contributed by atoms with Crippen molar-refractivity contribution in [2.24, 2.45) is 5.92 Å². The van der Waals surface area contributed by atoms with Crippen LogP contribution < -0.4 is 15.5 Å². The predicted molar refractivity (Wildman–Crippen MR) is 115 cm³/mol. The summed E-state index contributed by atoms with van der Waals surface area (Å²) in [4.78, 5) is 30.4. The van der Waals surface area contributed by atoms with E-state index in [0.29, 0.717) is 30.6 Å². The minimum absolute atomic E-state index is 0.127. The van der Waals surface area contributed by atoms with Gasteiger partial charge < -0.3 is 15.5 Å². The molecule has 2 N–H and O–H groups in total. The number of rotatable bonds is 5. The smallest absolute Gasteiger partial charge is 0.355 e. The maximum atomic E-state index is 13.4. The second-order valence-electron chi connectivity index (χ2n) is 8.09. The first kappa shape index (κ1) is 22.4. The van der Waals surface area contributed by atoms with Gasteiger partial charge in [-0.3, -0.25) is 9.59 Å². The number of halogens is 4. The largest absolute Gasteiger partial charge is 0.419 e. The quantitative estimate of drug-likeness (QED) is 0.680. The van der Waals surface area contributed by atoms with Crippen LogP contribution in [0.4, 0.5) is 24.7 Å². The molecule has 32 heavy (non-hydrogen) atoms. The second-order valence-corrected chi connectivity index (χ2v) is 8.50. The van der Waals surface area contributed by atoms with Crippen molar-refractivity contribution in [2.45, 2.75) is 37.9 Å². The molecular formula is C22H22ClF3N4O2.